The van der Waals surface area contributed by atoms with Crippen molar-refractivity contribution in [2.45, 2.75) is 6.42 Å². The minimum absolute atomic E-state index is 0.0931. The third kappa shape index (κ3) is 2.89. The van der Waals surface area contributed by atoms with E-state index < -0.39 is 0 Å². The van der Waals surface area contributed by atoms with E-state index in [1.54, 1.807) is 36.4 Å². The van der Waals surface area contributed by atoms with Crippen molar-refractivity contribution >= 4 is 34.7 Å². The van der Waals surface area contributed by atoms with Gasteiger partial charge in [-0.25, -0.2) is 0 Å². The molecule has 3 nitrogen and oxygen atoms in total. The molecule has 0 aliphatic heterocycles. The molecular weight excluding hydrogens is 297 g/mol. The number of nitrogen functional groups attached to an aromatic ring is 1. The number of hydrogen-bond donors (Lipinski definition) is 1. The Labute approximate surface area is 127 Å². The van der Waals surface area contributed by atoms with Crippen LogP contribution in [0.4, 0.5) is 5.69 Å². The SMILES string of the molecule is COc1cccc(C(=O)Cc2c(Cl)cccc2Cl)c1N. The second-order valence-electron chi connectivity index (χ2n) is 4.22. The van der Waals surface area contributed by atoms with Gasteiger partial charge >= 0.3 is 0 Å². The molecule has 0 spiro atoms. The van der Waals surface area contributed by atoms with Crippen molar-refractivity contribution in [3.63, 3.8) is 0 Å². The van der Waals surface area contributed by atoms with E-state index in [-0.39, 0.29) is 12.2 Å². The average Bonchev–Trinajstić information content (AvgIpc) is 2.43. The van der Waals surface area contributed by atoms with Crippen LogP contribution in [-0.2, 0) is 6.42 Å². The van der Waals surface area contributed by atoms with Crippen molar-refractivity contribution in [3.8, 4) is 5.75 Å². The Kier molecular flexibility index (Phi) is 4.53. The molecule has 0 aliphatic rings. The first kappa shape index (κ1) is 14.7. The molecule has 0 bridgehead atoms. The Morgan fingerprint density at radius 3 is 2.35 bits per heavy atom. The van der Waals surface area contributed by atoms with E-state index in [1.165, 1.54) is 7.11 Å². The summed E-state index contributed by atoms with van der Waals surface area (Å²) in [5.41, 5.74) is 7.24. The number of hydrogen-bond acceptors (Lipinski definition) is 3. The van der Waals surface area contributed by atoms with Crippen molar-refractivity contribution < 1.29 is 9.53 Å². The number of anilines is 1. The van der Waals surface area contributed by atoms with E-state index in [0.29, 0.717) is 32.6 Å². The number of rotatable bonds is 4. The molecule has 20 heavy (non-hydrogen) atoms. The van der Waals surface area contributed by atoms with Crippen LogP contribution in [0, 0.1) is 0 Å². The summed E-state index contributed by atoms with van der Waals surface area (Å²) in [5, 5.41) is 0.930. The quantitative estimate of drug-likeness (QED) is 0.686. The molecule has 0 heterocycles. The Hall–Kier alpha value is -1.71. The second-order valence-corrected chi connectivity index (χ2v) is 5.04. The van der Waals surface area contributed by atoms with Crippen LogP contribution in [0.5, 0.6) is 5.75 Å². The first-order valence-electron chi connectivity index (χ1n) is 5.93. The summed E-state index contributed by atoms with van der Waals surface area (Å²) in [6.45, 7) is 0. The van der Waals surface area contributed by atoms with Crippen LogP contribution in [0.3, 0.4) is 0 Å². The van der Waals surface area contributed by atoms with E-state index in [1.807, 2.05) is 0 Å². The van der Waals surface area contributed by atoms with Crippen molar-refractivity contribution in [2.75, 3.05) is 12.8 Å². The number of Topliss-reactive ketones (excluding diaryl/α,β-unsaturated/α-hetero) is 1. The molecule has 5 heteroatoms. The van der Waals surface area contributed by atoms with Crippen LogP contribution in [-0.4, -0.2) is 12.9 Å². The van der Waals surface area contributed by atoms with Gasteiger partial charge in [0.05, 0.1) is 12.8 Å². The largest absolute Gasteiger partial charge is 0.495 e. The van der Waals surface area contributed by atoms with E-state index >= 15 is 0 Å². The topological polar surface area (TPSA) is 52.3 Å². The number of ether oxygens (including phenoxy) is 1. The molecule has 2 N–H and O–H groups in total. The number of carbonyl (C=O) groups is 1. The van der Waals surface area contributed by atoms with Gasteiger partial charge < -0.3 is 10.5 Å². The third-order valence-corrected chi connectivity index (χ3v) is 3.69. The zero-order valence-corrected chi connectivity index (χ0v) is 12.3. The van der Waals surface area contributed by atoms with Crippen molar-refractivity contribution in [1.82, 2.24) is 0 Å². The van der Waals surface area contributed by atoms with Crippen LogP contribution in [0.2, 0.25) is 10.0 Å². The molecule has 0 saturated heterocycles. The first-order chi connectivity index (χ1) is 9.54. The average molecular weight is 310 g/mol. The molecule has 0 amide bonds. The summed E-state index contributed by atoms with van der Waals surface area (Å²) < 4.78 is 5.10. The van der Waals surface area contributed by atoms with E-state index in [4.69, 9.17) is 33.7 Å². The lowest BCUT2D eigenvalue weighted by atomic mass is 10.0. The molecule has 0 atom stereocenters. The number of para-hydroxylation sites is 1. The van der Waals surface area contributed by atoms with Crippen molar-refractivity contribution in [2.24, 2.45) is 0 Å². The highest BCUT2D eigenvalue weighted by molar-refractivity contribution is 6.36. The van der Waals surface area contributed by atoms with Gasteiger partial charge in [-0.3, -0.25) is 4.79 Å². The summed E-state index contributed by atoms with van der Waals surface area (Å²) in [4.78, 5) is 12.4. The Balaban J connectivity index is 2.34. The smallest absolute Gasteiger partial charge is 0.169 e. The summed E-state index contributed by atoms with van der Waals surface area (Å²) in [6.07, 6.45) is 0.0931. The van der Waals surface area contributed by atoms with Gasteiger partial charge in [0.1, 0.15) is 5.75 Å². The number of halogens is 2. The number of methoxy groups -OCH3 is 1. The molecule has 0 aromatic heterocycles. The van der Waals surface area contributed by atoms with Crippen LogP contribution >= 0.6 is 23.2 Å². The Morgan fingerprint density at radius 2 is 1.75 bits per heavy atom. The highest BCUT2D eigenvalue weighted by Crippen LogP contribution is 2.29. The zero-order valence-electron chi connectivity index (χ0n) is 10.8. The van der Waals surface area contributed by atoms with E-state index in [9.17, 15) is 4.79 Å². The molecule has 104 valence electrons. The summed E-state index contributed by atoms with van der Waals surface area (Å²) in [5.74, 6) is 0.317. The highest BCUT2D eigenvalue weighted by Gasteiger charge is 2.16. The minimum atomic E-state index is -0.156. The number of ketones is 1. The fourth-order valence-electron chi connectivity index (χ4n) is 1.92. The number of carbonyl (C=O) groups excluding carboxylic acids is 1. The molecule has 0 saturated carbocycles. The van der Waals surface area contributed by atoms with E-state index in [2.05, 4.69) is 0 Å². The molecule has 0 fully saturated rings. The first-order valence-corrected chi connectivity index (χ1v) is 6.68. The van der Waals surface area contributed by atoms with Crippen LogP contribution in [0.25, 0.3) is 0 Å². The van der Waals surface area contributed by atoms with Gasteiger partial charge in [0, 0.05) is 22.0 Å². The highest BCUT2D eigenvalue weighted by atomic mass is 35.5. The lowest BCUT2D eigenvalue weighted by molar-refractivity contribution is 0.0993. The fourth-order valence-corrected chi connectivity index (χ4v) is 2.45. The predicted molar refractivity (Wildman–Crippen MR) is 81.9 cm³/mol. The fraction of sp³-hybridized carbons (Fsp3) is 0.133. The molecular formula is C15H13Cl2NO2. The van der Waals surface area contributed by atoms with Gasteiger partial charge in [0.25, 0.3) is 0 Å². The van der Waals surface area contributed by atoms with Gasteiger partial charge in [0.2, 0.25) is 0 Å². The molecule has 2 rings (SSSR count). The Morgan fingerprint density at radius 1 is 1.15 bits per heavy atom. The lowest BCUT2D eigenvalue weighted by Gasteiger charge is -2.10. The standard InChI is InChI=1S/C15H13Cl2NO2/c1-20-14-7-2-4-9(15(14)18)13(19)8-10-11(16)5-3-6-12(10)17/h2-7H,8,18H2,1H3. The maximum Gasteiger partial charge on any atom is 0.169 e. The van der Waals surface area contributed by atoms with Gasteiger partial charge in [-0.05, 0) is 29.8 Å². The van der Waals surface area contributed by atoms with Crippen molar-refractivity contribution in [1.29, 1.82) is 0 Å². The maximum atomic E-state index is 12.4. The van der Waals surface area contributed by atoms with Gasteiger partial charge in [-0.1, -0.05) is 35.3 Å². The normalized spacial score (nSPS) is 10.3. The van der Waals surface area contributed by atoms with Crippen LogP contribution < -0.4 is 10.5 Å². The Bertz CT molecular complexity index is 636. The molecule has 2 aromatic carbocycles. The second kappa shape index (κ2) is 6.16. The molecule has 0 aliphatic carbocycles. The third-order valence-electron chi connectivity index (χ3n) is 2.99. The van der Waals surface area contributed by atoms with Gasteiger partial charge in [-0.2, -0.15) is 0 Å². The maximum absolute atomic E-state index is 12.4. The lowest BCUT2D eigenvalue weighted by Crippen LogP contribution is -2.08. The number of benzene rings is 2. The molecule has 0 unspecified atom stereocenters. The van der Waals surface area contributed by atoms with Crippen LogP contribution in [0.1, 0.15) is 15.9 Å². The number of nitrogens with two attached hydrogens (primary N) is 1. The molecule has 0 radical (unpaired) electrons. The minimum Gasteiger partial charge on any atom is -0.495 e. The summed E-state index contributed by atoms with van der Waals surface area (Å²) in [6, 6.07) is 10.2. The van der Waals surface area contributed by atoms with E-state index in [0.717, 1.165) is 0 Å². The predicted octanol–water partition coefficient (Wildman–Crippen LogP) is 4.01. The van der Waals surface area contributed by atoms with Gasteiger partial charge in [0.15, 0.2) is 5.78 Å². The monoisotopic (exact) mass is 309 g/mol. The summed E-state index contributed by atoms with van der Waals surface area (Å²) >= 11 is 12.1. The zero-order chi connectivity index (χ0) is 14.7. The van der Waals surface area contributed by atoms with Crippen LogP contribution in [0.15, 0.2) is 36.4 Å². The van der Waals surface area contributed by atoms with Gasteiger partial charge in [-0.15, -0.1) is 0 Å². The summed E-state index contributed by atoms with van der Waals surface area (Å²) in [7, 11) is 1.50. The molecule has 2 aromatic rings. The van der Waals surface area contributed by atoms with Crippen molar-refractivity contribution in [3.05, 3.63) is 57.6 Å².